The Kier molecular flexibility index (Phi) is 4.45. The van der Waals surface area contributed by atoms with Crippen molar-refractivity contribution in [1.82, 2.24) is 4.98 Å². The van der Waals surface area contributed by atoms with Gasteiger partial charge in [0.15, 0.2) is 0 Å². The summed E-state index contributed by atoms with van der Waals surface area (Å²) in [6.07, 6.45) is 4.60. The summed E-state index contributed by atoms with van der Waals surface area (Å²) >= 11 is 5.22. The molecule has 0 amide bonds. The lowest BCUT2D eigenvalue weighted by Gasteiger charge is -2.04. The molecule has 2 nitrogen and oxygen atoms in total. The van der Waals surface area contributed by atoms with Crippen LogP contribution in [0.3, 0.4) is 0 Å². The second kappa shape index (κ2) is 6.07. The lowest BCUT2D eigenvalue weighted by atomic mass is 10.2. The van der Waals surface area contributed by atoms with Crippen LogP contribution < -0.4 is 4.74 Å². The molecular formula is C13H11BrNOS. The van der Waals surface area contributed by atoms with Crippen LogP contribution in [0.25, 0.3) is 0 Å². The van der Waals surface area contributed by atoms with E-state index in [2.05, 4.69) is 39.2 Å². The van der Waals surface area contributed by atoms with Crippen molar-refractivity contribution in [3.63, 3.8) is 0 Å². The molecule has 1 aromatic heterocycles. The first-order valence-electron chi connectivity index (χ1n) is 5.07. The van der Waals surface area contributed by atoms with Gasteiger partial charge in [-0.3, -0.25) is 4.98 Å². The van der Waals surface area contributed by atoms with Crippen LogP contribution in [0, 0.1) is 6.20 Å². The summed E-state index contributed by atoms with van der Waals surface area (Å²) in [6.45, 7) is 0. The van der Waals surface area contributed by atoms with E-state index in [1.165, 1.54) is 5.56 Å². The van der Waals surface area contributed by atoms with E-state index in [9.17, 15) is 0 Å². The molecular weight excluding hydrogens is 298 g/mol. The van der Waals surface area contributed by atoms with Gasteiger partial charge in [-0.1, -0.05) is 12.1 Å². The molecule has 0 saturated heterocycles. The summed E-state index contributed by atoms with van der Waals surface area (Å²) in [5.41, 5.74) is 1.26. The maximum Gasteiger partial charge on any atom is 0.118 e. The van der Waals surface area contributed by atoms with Gasteiger partial charge in [0.25, 0.3) is 0 Å². The molecule has 0 bridgehead atoms. The molecule has 0 saturated carbocycles. The van der Waals surface area contributed by atoms with Gasteiger partial charge in [0.1, 0.15) is 5.75 Å². The number of halogens is 1. The Bertz CT molecular complexity index is 487. The predicted octanol–water partition coefficient (Wildman–Crippen LogP) is 3.95. The van der Waals surface area contributed by atoms with E-state index in [1.807, 2.05) is 18.2 Å². The molecule has 0 aliphatic rings. The molecule has 1 heterocycles. The first-order valence-corrected chi connectivity index (χ1v) is 6.85. The molecule has 0 aliphatic heterocycles. The van der Waals surface area contributed by atoms with Crippen LogP contribution in [0.5, 0.6) is 5.75 Å². The van der Waals surface area contributed by atoms with Crippen molar-refractivity contribution >= 4 is 27.7 Å². The smallest absolute Gasteiger partial charge is 0.118 e. The standard InChI is InChI=1S/C13H11BrNOS/c1-16-11-4-2-10(3-5-11)9-17-13-6-7-15-8-12(13)14/h2-6,8H,9H2,1H3. The first kappa shape index (κ1) is 12.5. The van der Waals surface area contributed by atoms with E-state index in [0.717, 1.165) is 20.9 Å². The molecule has 1 radical (unpaired) electrons. The SMILES string of the molecule is COc1ccc(CSc2c[c]ncc2Br)cc1. The molecule has 0 atom stereocenters. The normalized spacial score (nSPS) is 10.2. The molecule has 0 N–H and O–H groups in total. The fourth-order valence-corrected chi connectivity index (χ4v) is 2.72. The number of benzene rings is 1. The third-order valence-corrected chi connectivity index (χ3v) is 4.26. The lowest BCUT2D eigenvalue weighted by molar-refractivity contribution is 0.414. The highest BCUT2D eigenvalue weighted by molar-refractivity contribution is 9.10. The highest BCUT2D eigenvalue weighted by Crippen LogP contribution is 2.29. The number of hydrogen-bond acceptors (Lipinski definition) is 3. The second-order valence-corrected chi connectivity index (χ2v) is 5.25. The Morgan fingerprint density at radius 2 is 2.12 bits per heavy atom. The fourth-order valence-electron chi connectivity index (χ4n) is 1.32. The third kappa shape index (κ3) is 3.48. The van der Waals surface area contributed by atoms with E-state index in [-0.39, 0.29) is 0 Å². The summed E-state index contributed by atoms with van der Waals surface area (Å²) in [4.78, 5) is 5.07. The number of ether oxygens (including phenoxy) is 1. The number of rotatable bonds is 4. The van der Waals surface area contributed by atoms with E-state index in [1.54, 1.807) is 25.1 Å². The molecule has 0 unspecified atom stereocenters. The monoisotopic (exact) mass is 308 g/mol. The Morgan fingerprint density at radius 1 is 1.35 bits per heavy atom. The van der Waals surface area contributed by atoms with Gasteiger partial charge in [0.05, 0.1) is 13.3 Å². The zero-order valence-corrected chi connectivity index (χ0v) is 11.7. The quantitative estimate of drug-likeness (QED) is 0.799. The predicted molar refractivity (Wildman–Crippen MR) is 73.3 cm³/mol. The Hall–Kier alpha value is -1.00. The maximum atomic E-state index is 5.12. The minimum Gasteiger partial charge on any atom is -0.497 e. The van der Waals surface area contributed by atoms with Crippen LogP contribution in [-0.4, -0.2) is 12.1 Å². The van der Waals surface area contributed by atoms with E-state index in [4.69, 9.17) is 4.74 Å². The minimum absolute atomic E-state index is 0.886. The number of hydrogen-bond donors (Lipinski definition) is 0. The molecule has 0 spiro atoms. The zero-order valence-electron chi connectivity index (χ0n) is 9.31. The average molecular weight is 309 g/mol. The number of methoxy groups -OCH3 is 1. The molecule has 17 heavy (non-hydrogen) atoms. The van der Waals surface area contributed by atoms with Gasteiger partial charge in [-0.15, -0.1) is 11.8 Å². The fraction of sp³-hybridized carbons (Fsp3) is 0.154. The zero-order chi connectivity index (χ0) is 12.1. The van der Waals surface area contributed by atoms with Crippen molar-refractivity contribution < 1.29 is 4.74 Å². The van der Waals surface area contributed by atoms with Gasteiger partial charge < -0.3 is 4.74 Å². The highest BCUT2D eigenvalue weighted by atomic mass is 79.9. The Labute approximate surface area is 114 Å². The van der Waals surface area contributed by atoms with Crippen molar-refractivity contribution in [3.8, 4) is 5.75 Å². The summed E-state index contributed by atoms with van der Waals surface area (Å²) in [7, 11) is 1.67. The van der Waals surface area contributed by atoms with Gasteiger partial charge >= 0.3 is 0 Å². The third-order valence-electron chi connectivity index (χ3n) is 2.24. The second-order valence-electron chi connectivity index (χ2n) is 3.38. The van der Waals surface area contributed by atoms with Crippen molar-refractivity contribution in [2.75, 3.05) is 7.11 Å². The average Bonchev–Trinajstić information content (AvgIpc) is 2.38. The number of nitrogens with zero attached hydrogens (tertiary/aromatic N) is 1. The molecule has 1 aromatic carbocycles. The maximum absolute atomic E-state index is 5.12. The Morgan fingerprint density at radius 3 is 2.76 bits per heavy atom. The number of pyridine rings is 1. The molecule has 0 aliphatic carbocycles. The molecule has 2 aromatic rings. The van der Waals surface area contributed by atoms with Crippen molar-refractivity contribution in [2.24, 2.45) is 0 Å². The van der Waals surface area contributed by atoms with Crippen molar-refractivity contribution in [3.05, 3.63) is 52.8 Å². The van der Waals surface area contributed by atoms with Gasteiger partial charge in [0.2, 0.25) is 0 Å². The van der Waals surface area contributed by atoms with E-state index < -0.39 is 0 Å². The highest BCUT2D eigenvalue weighted by Gasteiger charge is 2.01. The molecule has 4 heteroatoms. The van der Waals surface area contributed by atoms with E-state index >= 15 is 0 Å². The van der Waals surface area contributed by atoms with E-state index in [0.29, 0.717) is 0 Å². The molecule has 0 fully saturated rings. The Balaban J connectivity index is 2.00. The van der Waals surface area contributed by atoms with Gasteiger partial charge in [-0.2, -0.15) is 0 Å². The van der Waals surface area contributed by atoms with Crippen LogP contribution in [-0.2, 0) is 5.75 Å². The van der Waals surface area contributed by atoms with Gasteiger partial charge in [-0.25, -0.2) is 0 Å². The van der Waals surface area contributed by atoms with Crippen LogP contribution in [0.15, 0.2) is 45.9 Å². The van der Waals surface area contributed by atoms with Crippen LogP contribution >= 0.6 is 27.7 Å². The van der Waals surface area contributed by atoms with Gasteiger partial charge in [0, 0.05) is 21.3 Å². The topological polar surface area (TPSA) is 22.1 Å². The summed E-state index contributed by atoms with van der Waals surface area (Å²) in [5, 5.41) is 0. The van der Waals surface area contributed by atoms with Crippen LogP contribution in [0.4, 0.5) is 0 Å². The molecule has 2 rings (SSSR count). The largest absolute Gasteiger partial charge is 0.497 e. The van der Waals surface area contributed by atoms with Crippen molar-refractivity contribution in [2.45, 2.75) is 10.6 Å². The number of aromatic nitrogens is 1. The summed E-state index contributed by atoms with van der Waals surface area (Å²) < 4.78 is 6.13. The first-order chi connectivity index (χ1) is 8.29. The number of thioether (sulfide) groups is 1. The van der Waals surface area contributed by atoms with Crippen LogP contribution in [0.2, 0.25) is 0 Å². The lowest BCUT2D eigenvalue weighted by Crippen LogP contribution is -1.85. The summed E-state index contributed by atoms with van der Waals surface area (Å²) in [5.74, 6) is 1.80. The minimum atomic E-state index is 0.886. The molecule has 87 valence electrons. The summed E-state index contributed by atoms with van der Waals surface area (Å²) in [6, 6.07) is 9.99. The van der Waals surface area contributed by atoms with Gasteiger partial charge in [-0.05, 0) is 39.7 Å². The van der Waals surface area contributed by atoms with Crippen LogP contribution in [0.1, 0.15) is 5.56 Å². The van der Waals surface area contributed by atoms with Crippen molar-refractivity contribution in [1.29, 1.82) is 0 Å².